The van der Waals surface area contributed by atoms with Crippen molar-refractivity contribution >= 4 is 5.78 Å². The third-order valence-corrected chi connectivity index (χ3v) is 3.19. The number of phenols is 1. The number of aromatic hydroxyl groups is 1. The molecular formula is C17H18O3. The monoisotopic (exact) mass is 270 g/mol. The lowest BCUT2D eigenvalue weighted by molar-refractivity contribution is -0.118. The Bertz CT molecular complexity index is 556. The van der Waals surface area contributed by atoms with Crippen molar-refractivity contribution in [1.29, 1.82) is 0 Å². The van der Waals surface area contributed by atoms with E-state index in [2.05, 4.69) is 0 Å². The van der Waals surface area contributed by atoms with Crippen molar-refractivity contribution in [2.45, 2.75) is 19.3 Å². The molecule has 0 aromatic heterocycles. The van der Waals surface area contributed by atoms with Crippen LogP contribution in [0.2, 0.25) is 0 Å². The zero-order valence-electron chi connectivity index (χ0n) is 11.5. The van der Waals surface area contributed by atoms with Crippen LogP contribution in [-0.2, 0) is 17.6 Å². The zero-order valence-corrected chi connectivity index (χ0v) is 11.5. The van der Waals surface area contributed by atoms with E-state index >= 15 is 0 Å². The molecule has 0 radical (unpaired) electrons. The Labute approximate surface area is 118 Å². The minimum atomic E-state index is 0.200. The quantitative estimate of drug-likeness (QED) is 0.877. The van der Waals surface area contributed by atoms with Crippen LogP contribution in [0.25, 0.3) is 0 Å². The number of methoxy groups -OCH3 is 1. The summed E-state index contributed by atoms with van der Waals surface area (Å²) in [6.45, 7) is 0. The van der Waals surface area contributed by atoms with Gasteiger partial charge in [0.2, 0.25) is 0 Å². The van der Waals surface area contributed by atoms with Gasteiger partial charge in [-0.3, -0.25) is 4.79 Å². The summed E-state index contributed by atoms with van der Waals surface area (Å²) in [6.07, 6.45) is 1.67. The smallest absolute Gasteiger partial charge is 0.137 e. The van der Waals surface area contributed by atoms with Gasteiger partial charge in [-0.05, 0) is 41.8 Å². The number of carbonyl (C=O) groups is 1. The number of hydrogen-bond donors (Lipinski definition) is 1. The van der Waals surface area contributed by atoms with Gasteiger partial charge in [-0.1, -0.05) is 24.3 Å². The van der Waals surface area contributed by atoms with Crippen LogP contribution < -0.4 is 4.74 Å². The molecule has 0 unspecified atom stereocenters. The highest BCUT2D eigenvalue weighted by Gasteiger charge is 2.05. The van der Waals surface area contributed by atoms with E-state index in [0.29, 0.717) is 12.8 Å². The normalized spacial score (nSPS) is 10.2. The first-order chi connectivity index (χ1) is 9.67. The van der Waals surface area contributed by atoms with E-state index in [-0.39, 0.29) is 11.5 Å². The van der Waals surface area contributed by atoms with Gasteiger partial charge in [0.15, 0.2) is 0 Å². The van der Waals surface area contributed by atoms with Crippen molar-refractivity contribution in [2.24, 2.45) is 0 Å². The minimum Gasteiger partial charge on any atom is -0.508 e. The molecule has 0 aliphatic carbocycles. The van der Waals surface area contributed by atoms with Crippen LogP contribution in [0.15, 0.2) is 48.5 Å². The number of hydrogen-bond acceptors (Lipinski definition) is 3. The van der Waals surface area contributed by atoms with E-state index in [1.807, 2.05) is 24.3 Å². The molecular weight excluding hydrogens is 252 g/mol. The van der Waals surface area contributed by atoms with Crippen molar-refractivity contribution in [3.63, 3.8) is 0 Å². The molecule has 0 aliphatic rings. The van der Waals surface area contributed by atoms with Gasteiger partial charge in [0.05, 0.1) is 7.11 Å². The molecule has 0 spiro atoms. The van der Waals surface area contributed by atoms with Crippen molar-refractivity contribution in [1.82, 2.24) is 0 Å². The van der Waals surface area contributed by atoms with Crippen LogP contribution >= 0.6 is 0 Å². The highest BCUT2D eigenvalue weighted by atomic mass is 16.5. The Hall–Kier alpha value is -2.29. The predicted octanol–water partition coefficient (Wildman–Crippen LogP) is 3.15. The molecule has 0 fully saturated rings. The molecule has 3 heteroatoms. The topological polar surface area (TPSA) is 46.5 Å². The molecule has 0 heterocycles. The van der Waals surface area contributed by atoms with Gasteiger partial charge in [0, 0.05) is 12.8 Å². The molecule has 2 aromatic carbocycles. The Morgan fingerprint density at radius 1 is 1.00 bits per heavy atom. The number of Topliss-reactive ketones (excluding diaryl/α,β-unsaturated/α-hetero) is 1. The van der Waals surface area contributed by atoms with Crippen LogP contribution in [-0.4, -0.2) is 18.0 Å². The average molecular weight is 270 g/mol. The number of phenolic OH excluding ortho intramolecular Hbond substituents is 1. The second-order valence-electron chi connectivity index (χ2n) is 4.73. The molecule has 0 saturated carbocycles. The predicted molar refractivity (Wildman–Crippen MR) is 78.1 cm³/mol. The van der Waals surface area contributed by atoms with Crippen LogP contribution in [0.1, 0.15) is 17.5 Å². The molecule has 2 rings (SSSR count). The molecule has 0 atom stereocenters. The van der Waals surface area contributed by atoms with Crippen LogP contribution in [0.3, 0.4) is 0 Å². The van der Waals surface area contributed by atoms with Gasteiger partial charge in [-0.15, -0.1) is 0 Å². The maximum Gasteiger partial charge on any atom is 0.137 e. The van der Waals surface area contributed by atoms with E-state index in [4.69, 9.17) is 4.74 Å². The average Bonchev–Trinajstić information content (AvgIpc) is 2.48. The van der Waals surface area contributed by atoms with Crippen LogP contribution in [0, 0.1) is 0 Å². The molecule has 104 valence electrons. The molecule has 3 nitrogen and oxygen atoms in total. The Kier molecular flexibility index (Phi) is 4.77. The van der Waals surface area contributed by atoms with Crippen LogP contribution in [0.5, 0.6) is 11.5 Å². The van der Waals surface area contributed by atoms with Crippen molar-refractivity contribution in [3.05, 3.63) is 59.7 Å². The summed E-state index contributed by atoms with van der Waals surface area (Å²) < 4.78 is 5.10. The summed E-state index contributed by atoms with van der Waals surface area (Å²) in [5.41, 5.74) is 2.06. The van der Waals surface area contributed by atoms with Crippen molar-refractivity contribution < 1.29 is 14.6 Å². The molecule has 0 saturated heterocycles. The number of rotatable bonds is 6. The first-order valence-electron chi connectivity index (χ1n) is 6.60. The number of carbonyl (C=O) groups excluding carboxylic acids is 1. The zero-order chi connectivity index (χ0) is 14.4. The van der Waals surface area contributed by atoms with Gasteiger partial charge < -0.3 is 9.84 Å². The van der Waals surface area contributed by atoms with E-state index in [1.54, 1.807) is 31.4 Å². The van der Waals surface area contributed by atoms with E-state index in [9.17, 15) is 9.90 Å². The van der Waals surface area contributed by atoms with Gasteiger partial charge in [0.25, 0.3) is 0 Å². The van der Waals surface area contributed by atoms with E-state index in [0.717, 1.165) is 23.3 Å². The summed E-state index contributed by atoms with van der Waals surface area (Å²) in [6, 6.07) is 14.5. The van der Waals surface area contributed by atoms with E-state index in [1.165, 1.54) is 0 Å². The summed E-state index contributed by atoms with van der Waals surface area (Å²) in [5.74, 6) is 1.25. The fourth-order valence-electron chi connectivity index (χ4n) is 2.01. The van der Waals surface area contributed by atoms with Crippen molar-refractivity contribution in [2.75, 3.05) is 7.11 Å². The third kappa shape index (κ3) is 4.12. The molecule has 2 aromatic rings. The van der Waals surface area contributed by atoms with Gasteiger partial charge in [-0.2, -0.15) is 0 Å². The first kappa shape index (κ1) is 14.1. The molecule has 0 aliphatic heterocycles. The lowest BCUT2D eigenvalue weighted by Crippen LogP contribution is -2.04. The van der Waals surface area contributed by atoms with E-state index < -0.39 is 0 Å². The summed E-state index contributed by atoms with van der Waals surface area (Å²) in [4.78, 5) is 11.9. The maximum atomic E-state index is 11.9. The maximum absolute atomic E-state index is 11.9. The standard InChI is InChI=1S/C17H18O3/c1-20-17-10-5-13(6-11-17)2-9-16(19)12-14-3-7-15(18)8-4-14/h3-8,10-11,18H,2,9,12H2,1H3. The SMILES string of the molecule is COc1ccc(CCC(=O)Cc2ccc(O)cc2)cc1. The summed E-state index contributed by atoms with van der Waals surface area (Å²) in [7, 11) is 1.64. The third-order valence-electron chi connectivity index (χ3n) is 3.19. The largest absolute Gasteiger partial charge is 0.508 e. The van der Waals surface area contributed by atoms with Gasteiger partial charge >= 0.3 is 0 Å². The highest BCUT2D eigenvalue weighted by molar-refractivity contribution is 5.81. The Morgan fingerprint density at radius 3 is 2.20 bits per heavy atom. The number of benzene rings is 2. The lowest BCUT2D eigenvalue weighted by atomic mass is 10.0. The fourth-order valence-corrected chi connectivity index (χ4v) is 2.01. The lowest BCUT2D eigenvalue weighted by Gasteiger charge is -2.04. The second kappa shape index (κ2) is 6.75. The first-order valence-corrected chi connectivity index (χ1v) is 6.60. The number of ketones is 1. The van der Waals surface area contributed by atoms with Gasteiger partial charge in [-0.25, -0.2) is 0 Å². The van der Waals surface area contributed by atoms with Gasteiger partial charge in [0.1, 0.15) is 17.3 Å². The molecule has 0 amide bonds. The molecule has 20 heavy (non-hydrogen) atoms. The fraction of sp³-hybridized carbons (Fsp3) is 0.235. The second-order valence-corrected chi connectivity index (χ2v) is 4.73. The molecule has 0 bridgehead atoms. The minimum absolute atomic E-state index is 0.200. The van der Waals surface area contributed by atoms with Crippen LogP contribution in [0.4, 0.5) is 0 Å². The molecule has 1 N–H and O–H groups in total. The number of ether oxygens (including phenoxy) is 1. The Balaban J connectivity index is 1.83. The highest BCUT2D eigenvalue weighted by Crippen LogP contribution is 2.14. The summed E-state index contributed by atoms with van der Waals surface area (Å²) in [5, 5.41) is 9.19. The Morgan fingerprint density at radius 2 is 1.60 bits per heavy atom. The number of aryl methyl sites for hydroxylation is 1. The van der Waals surface area contributed by atoms with Crippen molar-refractivity contribution in [3.8, 4) is 11.5 Å². The summed E-state index contributed by atoms with van der Waals surface area (Å²) >= 11 is 0.